The molecule has 0 aliphatic carbocycles. The van der Waals surface area contributed by atoms with Gasteiger partial charge in [0.1, 0.15) is 5.54 Å². The lowest BCUT2D eigenvalue weighted by atomic mass is 9.92. The number of amides is 4. The van der Waals surface area contributed by atoms with Gasteiger partial charge in [-0.05, 0) is 18.9 Å². The summed E-state index contributed by atoms with van der Waals surface area (Å²) in [4.78, 5) is 41.8. The van der Waals surface area contributed by atoms with Crippen LogP contribution in [0.4, 0.5) is 4.79 Å². The zero-order valence-electron chi connectivity index (χ0n) is 17.4. The number of carbonyl (C=O) groups is 3. The average Bonchev–Trinajstić information content (AvgIpc) is 3.21. The highest BCUT2D eigenvalue weighted by atomic mass is 32.2. The SMILES string of the molecule is CC1(c2ccccc2)NC(=O)N(NC(=O)CN2CCN(C3CCS(=O)(=O)C3)CC2)C1=O. The van der Waals surface area contributed by atoms with Crippen LogP contribution in [0.1, 0.15) is 18.9 Å². The molecule has 0 aromatic heterocycles. The van der Waals surface area contributed by atoms with Crippen LogP contribution in [0.2, 0.25) is 0 Å². The van der Waals surface area contributed by atoms with Gasteiger partial charge in [-0.25, -0.2) is 13.2 Å². The Balaban J connectivity index is 1.29. The molecule has 3 aliphatic heterocycles. The number of nitrogens with zero attached hydrogens (tertiary/aromatic N) is 3. The maximum absolute atomic E-state index is 12.9. The molecule has 11 heteroatoms. The summed E-state index contributed by atoms with van der Waals surface area (Å²) in [5.74, 6) is -0.532. The molecular weight excluding hydrogens is 422 g/mol. The van der Waals surface area contributed by atoms with Gasteiger partial charge in [-0.3, -0.25) is 24.8 Å². The standard InChI is InChI=1S/C20H27N5O5S/c1-20(15-5-3-2-4-6-15)18(27)25(19(28)21-20)22-17(26)13-23-8-10-24(11-9-23)16-7-12-31(29,30)14-16/h2-6,16H,7-14H2,1H3,(H,21,28)(H,22,26). The van der Waals surface area contributed by atoms with E-state index < -0.39 is 33.2 Å². The molecule has 2 unspecified atom stereocenters. The van der Waals surface area contributed by atoms with Gasteiger partial charge in [-0.2, -0.15) is 5.01 Å². The van der Waals surface area contributed by atoms with E-state index in [9.17, 15) is 22.8 Å². The Kier molecular flexibility index (Phi) is 5.75. The number of nitrogens with one attached hydrogen (secondary N) is 2. The third-order valence-corrected chi connectivity index (χ3v) is 8.03. The lowest BCUT2D eigenvalue weighted by molar-refractivity contribution is -0.139. The van der Waals surface area contributed by atoms with Crippen molar-refractivity contribution in [3.8, 4) is 0 Å². The number of hydrogen-bond acceptors (Lipinski definition) is 7. The van der Waals surface area contributed by atoms with E-state index in [2.05, 4.69) is 15.6 Å². The summed E-state index contributed by atoms with van der Waals surface area (Å²) in [5.41, 5.74) is 1.82. The summed E-state index contributed by atoms with van der Waals surface area (Å²) in [7, 11) is -2.93. The van der Waals surface area contributed by atoms with Crippen LogP contribution in [-0.2, 0) is 25.0 Å². The van der Waals surface area contributed by atoms with Crippen molar-refractivity contribution >= 4 is 27.7 Å². The summed E-state index contributed by atoms with van der Waals surface area (Å²) in [6.07, 6.45) is 0.662. The number of hydrogen-bond donors (Lipinski definition) is 2. The maximum atomic E-state index is 12.9. The van der Waals surface area contributed by atoms with E-state index in [1.807, 2.05) is 11.0 Å². The fourth-order valence-corrected chi connectivity index (χ4v) is 6.18. The van der Waals surface area contributed by atoms with E-state index in [4.69, 9.17) is 0 Å². The highest BCUT2D eigenvalue weighted by Gasteiger charge is 2.50. The quantitative estimate of drug-likeness (QED) is 0.570. The lowest BCUT2D eigenvalue weighted by Crippen LogP contribution is -2.55. The molecule has 4 amide bonds. The zero-order valence-corrected chi connectivity index (χ0v) is 18.2. The molecule has 4 rings (SSSR count). The van der Waals surface area contributed by atoms with Crippen LogP contribution in [0, 0.1) is 0 Å². The molecule has 31 heavy (non-hydrogen) atoms. The lowest BCUT2D eigenvalue weighted by Gasteiger charge is -2.37. The molecule has 2 atom stereocenters. The first-order valence-electron chi connectivity index (χ1n) is 10.4. The number of imide groups is 1. The molecule has 10 nitrogen and oxygen atoms in total. The van der Waals surface area contributed by atoms with Crippen LogP contribution in [0.25, 0.3) is 0 Å². The Morgan fingerprint density at radius 1 is 1.16 bits per heavy atom. The van der Waals surface area contributed by atoms with Gasteiger partial charge in [0.15, 0.2) is 9.84 Å². The highest BCUT2D eigenvalue weighted by Crippen LogP contribution is 2.27. The van der Waals surface area contributed by atoms with Crippen LogP contribution in [-0.4, -0.2) is 91.3 Å². The van der Waals surface area contributed by atoms with Crippen molar-refractivity contribution in [3.05, 3.63) is 35.9 Å². The van der Waals surface area contributed by atoms with Gasteiger partial charge < -0.3 is 5.32 Å². The van der Waals surface area contributed by atoms with Gasteiger partial charge in [0.2, 0.25) is 0 Å². The van der Waals surface area contributed by atoms with Crippen molar-refractivity contribution in [2.45, 2.75) is 24.9 Å². The van der Waals surface area contributed by atoms with Gasteiger partial charge in [0.25, 0.3) is 11.8 Å². The Labute approximate surface area is 181 Å². The third-order valence-electron chi connectivity index (χ3n) is 6.28. The molecule has 3 saturated heterocycles. The average molecular weight is 450 g/mol. The summed E-state index contributed by atoms with van der Waals surface area (Å²) in [6.45, 7) is 4.26. The van der Waals surface area contributed by atoms with Gasteiger partial charge in [0, 0.05) is 32.2 Å². The van der Waals surface area contributed by atoms with Gasteiger partial charge >= 0.3 is 6.03 Å². The van der Waals surface area contributed by atoms with Crippen molar-refractivity contribution in [2.75, 3.05) is 44.2 Å². The number of urea groups is 1. The molecule has 3 heterocycles. The Morgan fingerprint density at radius 3 is 2.45 bits per heavy atom. The first-order valence-corrected chi connectivity index (χ1v) is 12.2. The normalized spacial score (nSPS) is 29.2. The van der Waals surface area contributed by atoms with Crippen LogP contribution < -0.4 is 10.7 Å². The smallest absolute Gasteiger partial charge is 0.318 e. The second kappa shape index (κ2) is 8.21. The minimum atomic E-state index is -2.93. The molecule has 1 aromatic carbocycles. The molecular formula is C20H27N5O5S. The number of sulfone groups is 1. The van der Waals surface area contributed by atoms with Gasteiger partial charge in [-0.15, -0.1) is 0 Å². The Hall–Kier alpha value is -2.50. The number of rotatable bonds is 5. The minimum absolute atomic E-state index is 0.0515. The number of piperazine rings is 1. The molecule has 0 bridgehead atoms. The molecule has 3 aliphatic rings. The van der Waals surface area contributed by atoms with Crippen molar-refractivity contribution in [3.63, 3.8) is 0 Å². The first kappa shape index (κ1) is 21.7. The largest absolute Gasteiger partial charge is 0.344 e. The van der Waals surface area contributed by atoms with Crippen LogP contribution in [0.15, 0.2) is 30.3 Å². The Bertz CT molecular complexity index is 977. The van der Waals surface area contributed by atoms with Crippen molar-refractivity contribution in [1.82, 2.24) is 25.6 Å². The van der Waals surface area contributed by atoms with Gasteiger partial charge in [-0.1, -0.05) is 30.3 Å². The van der Waals surface area contributed by atoms with E-state index in [1.165, 1.54) is 0 Å². The minimum Gasteiger partial charge on any atom is -0.318 e. The van der Waals surface area contributed by atoms with Gasteiger partial charge in [0.05, 0.1) is 18.1 Å². The predicted octanol–water partition coefficient (Wildman–Crippen LogP) is -0.710. The fraction of sp³-hybridized carbons (Fsp3) is 0.550. The van der Waals surface area contributed by atoms with E-state index >= 15 is 0 Å². The molecule has 3 fully saturated rings. The molecule has 168 valence electrons. The second-order valence-corrected chi connectivity index (χ2v) is 10.7. The molecule has 0 saturated carbocycles. The van der Waals surface area contributed by atoms with Crippen molar-refractivity contribution in [2.24, 2.45) is 0 Å². The first-order chi connectivity index (χ1) is 14.7. The van der Waals surface area contributed by atoms with E-state index in [0.29, 0.717) is 38.2 Å². The molecule has 1 aromatic rings. The van der Waals surface area contributed by atoms with Crippen LogP contribution in [0.3, 0.4) is 0 Å². The van der Waals surface area contributed by atoms with Crippen molar-refractivity contribution in [1.29, 1.82) is 0 Å². The monoisotopic (exact) mass is 449 g/mol. The predicted molar refractivity (Wildman–Crippen MR) is 112 cm³/mol. The summed E-state index contributed by atoms with van der Waals surface area (Å²) in [6, 6.07) is 8.26. The molecule has 0 spiro atoms. The van der Waals surface area contributed by atoms with E-state index in [0.717, 1.165) is 5.01 Å². The number of benzene rings is 1. The van der Waals surface area contributed by atoms with Crippen LogP contribution >= 0.6 is 0 Å². The highest BCUT2D eigenvalue weighted by molar-refractivity contribution is 7.91. The zero-order chi connectivity index (χ0) is 22.2. The number of carbonyl (C=O) groups excluding carboxylic acids is 3. The summed E-state index contributed by atoms with van der Waals surface area (Å²) >= 11 is 0. The molecule has 2 N–H and O–H groups in total. The molecule has 0 radical (unpaired) electrons. The summed E-state index contributed by atoms with van der Waals surface area (Å²) in [5, 5.41) is 3.40. The van der Waals surface area contributed by atoms with Crippen molar-refractivity contribution < 1.29 is 22.8 Å². The maximum Gasteiger partial charge on any atom is 0.344 e. The Morgan fingerprint density at radius 2 is 1.84 bits per heavy atom. The summed E-state index contributed by atoms with van der Waals surface area (Å²) < 4.78 is 23.4. The third kappa shape index (κ3) is 4.43. The van der Waals surface area contributed by atoms with Crippen LogP contribution in [0.5, 0.6) is 0 Å². The number of hydrazine groups is 1. The van der Waals surface area contributed by atoms with E-state index in [1.54, 1.807) is 31.2 Å². The topological polar surface area (TPSA) is 119 Å². The second-order valence-electron chi connectivity index (χ2n) is 8.47. The van der Waals surface area contributed by atoms with E-state index in [-0.39, 0.29) is 24.1 Å². The fourth-order valence-electron chi connectivity index (χ4n) is 4.42.